The molecular formula is C24H28F3N5O. The Bertz CT molecular complexity index is 1080. The van der Waals surface area contributed by atoms with Gasteiger partial charge in [0.1, 0.15) is 0 Å². The van der Waals surface area contributed by atoms with Crippen LogP contribution in [0.25, 0.3) is 16.6 Å². The molecule has 0 aromatic carbocycles. The van der Waals surface area contributed by atoms with Gasteiger partial charge in [-0.25, -0.2) is 9.97 Å². The Morgan fingerprint density at radius 1 is 1.06 bits per heavy atom. The highest BCUT2D eigenvalue weighted by Gasteiger charge is 2.36. The average Bonchev–Trinajstić information content (AvgIpc) is 2.79. The summed E-state index contributed by atoms with van der Waals surface area (Å²) < 4.78 is 44.2. The molecule has 6 nitrogen and oxygen atoms in total. The third kappa shape index (κ3) is 6.71. The summed E-state index contributed by atoms with van der Waals surface area (Å²) in [4.78, 5) is 19.4. The molecule has 33 heavy (non-hydrogen) atoms. The van der Waals surface area contributed by atoms with Crippen LogP contribution in [0.4, 0.5) is 19.1 Å². The van der Waals surface area contributed by atoms with Crippen molar-refractivity contribution in [3.63, 3.8) is 0 Å². The zero-order valence-corrected chi connectivity index (χ0v) is 19.1. The number of ether oxygens (including phenoxy) is 1. The molecule has 1 saturated heterocycles. The summed E-state index contributed by atoms with van der Waals surface area (Å²) >= 11 is 0. The molecule has 4 rings (SSSR count). The maximum absolute atomic E-state index is 13.0. The Morgan fingerprint density at radius 3 is 2.36 bits per heavy atom. The second-order valence-corrected chi connectivity index (χ2v) is 8.02. The van der Waals surface area contributed by atoms with Crippen LogP contribution in [0, 0.1) is 19.8 Å². The third-order valence-corrected chi connectivity index (χ3v) is 5.24. The third-order valence-electron chi connectivity index (χ3n) is 5.24. The number of nitrogens with zero attached hydrogens (tertiary/aromatic N) is 5. The molecule has 4 heterocycles. The average molecular weight is 460 g/mol. The van der Waals surface area contributed by atoms with Crippen molar-refractivity contribution in [2.45, 2.75) is 33.4 Å². The summed E-state index contributed by atoms with van der Waals surface area (Å²) in [6, 6.07) is 9.44. The van der Waals surface area contributed by atoms with Gasteiger partial charge in [-0.1, -0.05) is 19.6 Å². The van der Waals surface area contributed by atoms with Crippen LogP contribution in [0.5, 0.6) is 0 Å². The zero-order chi connectivity index (χ0) is 24.0. The van der Waals surface area contributed by atoms with Crippen LogP contribution in [-0.2, 0) is 4.74 Å². The smallest absolute Gasteiger partial charge is 0.378 e. The number of pyridine rings is 2. The Balaban J connectivity index is 0.000000374. The van der Waals surface area contributed by atoms with E-state index in [2.05, 4.69) is 26.5 Å². The van der Waals surface area contributed by atoms with Gasteiger partial charge in [0.05, 0.1) is 24.8 Å². The van der Waals surface area contributed by atoms with Crippen LogP contribution in [-0.4, -0.2) is 52.4 Å². The lowest BCUT2D eigenvalue weighted by atomic mass is 9.98. The van der Waals surface area contributed by atoms with Gasteiger partial charge in [0.15, 0.2) is 5.65 Å². The molecule has 0 spiro atoms. The first-order valence-electron chi connectivity index (χ1n) is 10.8. The van der Waals surface area contributed by atoms with Crippen LogP contribution in [0.2, 0.25) is 0 Å². The summed E-state index contributed by atoms with van der Waals surface area (Å²) in [6.07, 6.45) is -2.70. The Morgan fingerprint density at radius 2 is 1.79 bits per heavy atom. The van der Waals surface area contributed by atoms with Gasteiger partial charge < -0.3 is 9.64 Å². The predicted octanol–water partition coefficient (Wildman–Crippen LogP) is 5.16. The Kier molecular flexibility index (Phi) is 7.97. The van der Waals surface area contributed by atoms with E-state index in [-0.39, 0.29) is 6.42 Å². The number of aromatic nitrogens is 4. The maximum Gasteiger partial charge on any atom is 0.391 e. The molecular weight excluding hydrogens is 431 g/mol. The van der Waals surface area contributed by atoms with Crippen LogP contribution in [0.15, 0.2) is 43.1 Å². The normalized spacial score (nSPS) is 15.0. The lowest BCUT2D eigenvalue weighted by Crippen LogP contribution is -2.37. The molecule has 176 valence electrons. The number of halogens is 3. The van der Waals surface area contributed by atoms with Gasteiger partial charge in [-0.05, 0) is 50.1 Å². The number of hydrogen-bond donors (Lipinski definition) is 0. The van der Waals surface area contributed by atoms with E-state index in [0.29, 0.717) is 54.6 Å². The maximum atomic E-state index is 13.0. The highest BCUT2D eigenvalue weighted by atomic mass is 19.4. The molecule has 9 heteroatoms. The summed E-state index contributed by atoms with van der Waals surface area (Å²) in [5.41, 5.74) is 3.09. The van der Waals surface area contributed by atoms with Crippen molar-refractivity contribution >= 4 is 22.6 Å². The minimum Gasteiger partial charge on any atom is -0.378 e. The van der Waals surface area contributed by atoms with Gasteiger partial charge in [-0.15, -0.1) is 0 Å². The number of fused-ring (bicyclic) bond motifs is 1. The lowest BCUT2D eigenvalue weighted by molar-refractivity contribution is -0.167. The minimum absolute atomic E-state index is 0.216. The fourth-order valence-electron chi connectivity index (χ4n) is 3.30. The molecule has 0 aliphatic carbocycles. The van der Waals surface area contributed by atoms with Gasteiger partial charge >= 0.3 is 6.18 Å². The topological polar surface area (TPSA) is 64.0 Å². The fraction of sp³-hybridized carbons (Fsp3) is 0.417. The molecule has 1 atom stereocenters. The highest BCUT2D eigenvalue weighted by molar-refractivity contribution is 5.88. The molecule has 0 amide bonds. The zero-order valence-electron chi connectivity index (χ0n) is 19.1. The Labute approximate surface area is 191 Å². The van der Waals surface area contributed by atoms with E-state index in [1.807, 2.05) is 36.9 Å². The highest BCUT2D eigenvalue weighted by Crippen LogP contribution is 2.34. The second-order valence-electron chi connectivity index (χ2n) is 8.02. The summed E-state index contributed by atoms with van der Waals surface area (Å²) in [7, 11) is 0. The quantitative estimate of drug-likeness (QED) is 0.537. The number of hydrogen-bond acceptors (Lipinski definition) is 6. The molecule has 3 aromatic rings. The van der Waals surface area contributed by atoms with Crippen LogP contribution >= 0.6 is 0 Å². The summed E-state index contributed by atoms with van der Waals surface area (Å²) in [5, 5.41) is 0.618. The first-order chi connectivity index (χ1) is 15.6. The number of morpholine rings is 1. The van der Waals surface area contributed by atoms with E-state index in [9.17, 15) is 13.2 Å². The molecule has 1 aliphatic rings. The van der Waals surface area contributed by atoms with Gasteiger partial charge in [0.2, 0.25) is 5.95 Å². The van der Waals surface area contributed by atoms with E-state index in [4.69, 9.17) is 4.74 Å². The molecule has 3 aromatic heterocycles. The molecule has 1 aliphatic heterocycles. The number of rotatable bonds is 4. The summed E-state index contributed by atoms with van der Waals surface area (Å²) in [6.45, 7) is 11.2. The van der Waals surface area contributed by atoms with E-state index < -0.39 is 12.1 Å². The van der Waals surface area contributed by atoms with Crippen molar-refractivity contribution in [2.24, 2.45) is 5.92 Å². The van der Waals surface area contributed by atoms with Gasteiger partial charge in [0, 0.05) is 36.1 Å². The molecule has 1 fully saturated rings. The fourth-order valence-corrected chi connectivity index (χ4v) is 3.30. The van der Waals surface area contributed by atoms with E-state index in [1.165, 1.54) is 0 Å². The van der Waals surface area contributed by atoms with Crippen molar-refractivity contribution in [3.05, 3.63) is 60.2 Å². The molecule has 1 unspecified atom stereocenters. The SMILES string of the molecule is C=C(CC(C)C(F)(F)F)c1nc(N2CCOCC2)nc2nc(C)ccc12.Cc1ccccn1. The first kappa shape index (κ1) is 24.6. The number of aryl methyl sites for hydroxylation is 2. The molecule has 0 radical (unpaired) electrons. The van der Waals surface area contributed by atoms with Gasteiger partial charge in [-0.2, -0.15) is 18.2 Å². The number of allylic oxidation sites excluding steroid dienone is 1. The summed E-state index contributed by atoms with van der Waals surface area (Å²) in [5.74, 6) is -1.04. The van der Waals surface area contributed by atoms with Gasteiger partial charge in [0.25, 0.3) is 0 Å². The molecule has 0 N–H and O–H groups in total. The first-order valence-corrected chi connectivity index (χ1v) is 10.8. The van der Waals surface area contributed by atoms with E-state index in [0.717, 1.165) is 18.3 Å². The monoisotopic (exact) mass is 459 g/mol. The minimum atomic E-state index is -4.27. The molecule has 0 saturated carbocycles. The lowest BCUT2D eigenvalue weighted by Gasteiger charge is -2.27. The van der Waals surface area contributed by atoms with Crippen molar-refractivity contribution in [2.75, 3.05) is 31.2 Å². The van der Waals surface area contributed by atoms with E-state index >= 15 is 0 Å². The van der Waals surface area contributed by atoms with Gasteiger partial charge in [-0.3, -0.25) is 4.98 Å². The predicted molar refractivity (Wildman–Crippen MR) is 123 cm³/mol. The van der Waals surface area contributed by atoms with Crippen molar-refractivity contribution in [3.8, 4) is 0 Å². The standard InChI is InChI=1S/C18H21F3N4O.C6H7N/c1-11(10-12(2)18(19,20)21)15-14-5-4-13(3)22-16(14)24-17(23-15)25-6-8-26-9-7-25;1-6-4-2-3-5-7-6/h4-5,12H,1,6-10H2,2-3H3;2-5H,1H3. The van der Waals surface area contributed by atoms with Crippen molar-refractivity contribution in [1.82, 2.24) is 19.9 Å². The van der Waals surface area contributed by atoms with Crippen LogP contribution in [0.3, 0.4) is 0 Å². The second kappa shape index (κ2) is 10.7. The van der Waals surface area contributed by atoms with Crippen LogP contribution < -0.4 is 4.90 Å². The molecule has 0 bridgehead atoms. The largest absolute Gasteiger partial charge is 0.391 e. The van der Waals surface area contributed by atoms with Crippen molar-refractivity contribution in [1.29, 1.82) is 0 Å². The number of anilines is 1. The van der Waals surface area contributed by atoms with E-state index in [1.54, 1.807) is 18.3 Å². The van der Waals surface area contributed by atoms with Crippen LogP contribution in [0.1, 0.15) is 30.4 Å². The Hall–Kier alpha value is -3.07. The number of alkyl halides is 3. The van der Waals surface area contributed by atoms with Crippen molar-refractivity contribution < 1.29 is 17.9 Å².